The zero-order valence-corrected chi connectivity index (χ0v) is 10.00. The topological polar surface area (TPSA) is 64.3 Å². The lowest BCUT2D eigenvalue weighted by Crippen LogP contribution is -2.27. The largest absolute Gasteiger partial charge is 0.489 e. The fraction of sp³-hybridized carbons (Fsp3) is 0.417. The van der Waals surface area contributed by atoms with E-state index >= 15 is 0 Å². The molecule has 0 atom stereocenters. The molecule has 0 aliphatic heterocycles. The van der Waals surface area contributed by atoms with Crippen molar-refractivity contribution in [2.24, 2.45) is 5.73 Å². The second-order valence-electron chi connectivity index (χ2n) is 3.97. The number of benzene rings is 1. The van der Waals surface area contributed by atoms with Gasteiger partial charge in [-0.3, -0.25) is 4.79 Å². The van der Waals surface area contributed by atoms with Gasteiger partial charge in [0, 0.05) is 18.2 Å². The first-order chi connectivity index (χ1) is 8.00. The van der Waals surface area contributed by atoms with Gasteiger partial charge in [0.05, 0.1) is 0 Å². The van der Waals surface area contributed by atoms with Crippen molar-refractivity contribution >= 4 is 5.91 Å². The Hall–Kier alpha value is -1.62. The summed E-state index contributed by atoms with van der Waals surface area (Å²) in [6.07, 6.45) is 0. The summed E-state index contributed by atoms with van der Waals surface area (Å²) in [7, 11) is 0. The Morgan fingerprint density at radius 1 is 1.53 bits per heavy atom. The van der Waals surface area contributed by atoms with E-state index in [-0.39, 0.29) is 11.3 Å². The van der Waals surface area contributed by atoms with Crippen molar-refractivity contribution in [1.29, 1.82) is 0 Å². The number of carbonyl (C=O) groups excluding carboxylic acids is 1. The molecular formula is C12H17FN2O2. The molecule has 0 aromatic heterocycles. The monoisotopic (exact) mass is 240 g/mol. The summed E-state index contributed by atoms with van der Waals surface area (Å²) in [5.74, 6) is -1.11. The highest BCUT2D eigenvalue weighted by Crippen LogP contribution is 2.17. The quantitative estimate of drug-likeness (QED) is 0.737. The molecule has 0 unspecified atom stereocenters. The minimum absolute atomic E-state index is 0.126. The molecule has 0 bridgehead atoms. The summed E-state index contributed by atoms with van der Waals surface area (Å²) in [5, 5.41) is 3.14. The summed E-state index contributed by atoms with van der Waals surface area (Å²) in [5.41, 5.74) is 5.17. The highest BCUT2D eigenvalue weighted by Gasteiger charge is 2.07. The number of ether oxygens (including phenoxy) is 1. The van der Waals surface area contributed by atoms with Gasteiger partial charge in [-0.15, -0.1) is 0 Å². The maximum atomic E-state index is 13.4. The lowest BCUT2D eigenvalue weighted by atomic mass is 10.2. The molecule has 5 heteroatoms. The van der Waals surface area contributed by atoms with Gasteiger partial charge in [-0.05, 0) is 18.2 Å². The van der Waals surface area contributed by atoms with Gasteiger partial charge in [-0.2, -0.15) is 0 Å². The van der Waals surface area contributed by atoms with Crippen molar-refractivity contribution in [1.82, 2.24) is 5.32 Å². The predicted octanol–water partition coefficient (Wildman–Crippen LogP) is 1.30. The van der Waals surface area contributed by atoms with Crippen LogP contribution in [0.1, 0.15) is 24.2 Å². The molecule has 0 saturated heterocycles. The number of nitrogens with two attached hydrogens (primary N) is 1. The van der Waals surface area contributed by atoms with Crippen molar-refractivity contribution in [2.45, 2.75) is 19.9 Å². The first kappa shape index (κ1) is 13.4. The molecule has 0 saturated carbocycles. The minimum Gasteiger partial charge on any atom is -0.489 e. The summed E-state index contributed by atoms with van der Waals surface area (Å²) in [6.45, 7) is 5.03. The van der Waals surface area contributed by atoms with Crippen LogP contribution in [0.5, 0.6) is 5.75 Å². The lowest BCUT2D eigenvalue weighted by Gasteiger charge is -2.10. The van der Waals surface area contributed by atoms with Crippen LogP contribution in [-0.4, -0.2) is 25.1 Å². The third-order valence-corrected chi connectivity index (χ3v) is 2.13. The Kier molecular flexibility index (Phi) is 4.90. The molecule has 17 heavy (non-hydrogen) atoms. The molecule has 0 aliphatic rings. The third kappa shape index (κ3) is 4.40. The van der Waals surface area contributed by atoms with Gasteiger partial charge < -0.3 is 15.8 Å². The summed E-state index contributed by atoms with van der Waals surface area (Å²) >= 11 is 0. The molecule has 0 radical (unpaired) electrons. The average molecular weight is 240 g/mol. The number of rotatable bonds is 6. The highest BCUT2D eigenvalue weighted by atomic mass is 19.1. The molecular weight excluding hydrogens is 223 g/mol. The fourth-order valence-corrected chi connectivity index (χ4v) is 1.28. The van der Waals surface area contributed by atoms with Crippen LogP contribution in [0.4, 0.5) is 4.39 Å². The Morgan fingerprint density at radius 2 is 2.24 bits per heavy atom. The smallest absolute Gasteiger partial charge is 0.248 e. The molecule has 1 aromatic carbocycles. The SMILES string of the molecule is CC(C)NCCOc1ccc(C(N)=O)cc1F. The van der Waals surface area contributed by atoms with Crippen molar-refractivity contribution in [3.05, 3.63) is 29.6 Å². The van der Waals surface area contributed by atoms with Gasteiger partial charge in [0.15, 0.2) is 11.6 Å². The Bertz CT molecular complexity index is 394. The second-order valence-corrected chi connectivity index (χ2v) is 3.97. The average Bonchev–Trinajstić information content (AvgIpc) is 2.25. The van der Waals surface area contributed by atoms with Gasteiger partial charge in [-0.25, -0.2) is 4.39 Å². The molecule has 1 rings (SSSR count). The summed E-state index contributed by atoms with van der Waals surface area (Å²) in [4.78, 5) is 10.8. The van der Waals surface area contributed by atoms with E-state index in [1.807, 2.05) is 13.8 Å². The van der Waals surface area contributed by atoms with E-state index in [0.717, 1.165) is 6.07 Å². The number of hydrogen-bond acceptors (Lipinski definition) is 3. The normalized spacial score (nSPS) is 10.6. The Labute approximate surface area is 100.0 Å². The van der Waals surface area contributed by atoms with Crippen LogP contribution in [0.2, 0.25) is 0 Å². The first-order valence-corrected chi connectivity index (χ1v) is 5.46. The molecule has 4 nitrogen and oxygen atoms in total. The molecule has 1 aromatic rings. The van der Waals surface area contributed by atoms with Crippen LogP contribution in [0.3, 0.4) is 0 Å². The van der Waals surface area contributed by atoms with E-state index in [9.17, 15) is 9.18 Å². The van der Waals surface area contributed by atoms with Crippen LogP contribution < -0.4 is 15.8 Å². The maximum Gasteiger partial charge on any atom is 0.248 e. The second kappa shape index (κ2) is 6.20. The van der Waals surface area contributed by atoms with E-state index in [1.165, 1.54) is 12.1 Å². The van der Waals surface area contributed by atoms with Crippen molar-refractivity contribution < 1.29 is 13.9 Å². The summed E-state index contributed by atoms with van der Waals surface area (Å²) in [6, 6.07) is 4.29. The third-order valence-electron chi connectivity index (χ3n) is 2.13. The molecule has 3 N–H and O–H groups in total. The van der Waals surface area contributed by atoms with E-state index < -0.39 is 11.7 Å². The summed E-state index contributed by atoms with van der Waals surface area (Å²) < 4.78 is 18.7. The Morgan fingerprint density at radius 3 is 2.76 bits per heavy atom. The number of amides is 1. The predicted molar refractivity (Wildman–Crippen MR) is 63.6 cm³/mol. The van der Waals surface area contributed by atoms with E-state index in [0.29, 0.717) is 19.2 Å². The molecule has 0 heterocycles. The van der Waals surface area contributed by atoms with E-state index in [4.69, 9.17) is 10.5 Å². The van der Waals surface area contributed by atoms with Crippen LogP contribution >= 0.6 is 0 Å². The number of carbonyl (C=O) groups is 1. The maximum absolute atomic E-state index is 13.4. The van der Waals surface area contributed by atoms with Crippen molar-refractivity contribution in [2.75, 3.05) is 13.2 Å². The van der Waals surface area contributed by atoms with Gasteiger partial charge in [0.1, 0.15) is 6.61 Å². The number of hydrogen-bond donors (Lipinski definition) is 2. The van der Waals surface area contributed by atoms with Crippen LogP contribution in [0.25, 0.3) is 0 Å². The molecule has 0 fully saturated rings. The zero-order valence-electron chi connectivity index (χ0n) is 10.00. The standard InChI is InChI=1S/C12H17FN2O2/c1-8(2)15-5-6-17-11-4-3-9(12(14)16)7-10(11)13/h3-4,7-8,15H,5-6H2,1-2H3,(H2,14,16). The van der Waals surface area contributed by atoms with E-state index in [2.05, 4.69) is 5.32 Å². The van der Waals surface area contributed by atoms with Crippen LogP contribution in [-0.2, 0) is 0 Å². The van der Waals surface area contributed by atoms with Gasteiger partial charge >= 0.3 is 0 Å². The zero-order chi connectivity index (χ0) is 12.8. The van der Waals surface area contributed by atoms with Crippen molar-refractivity contribution in [3.8, 4) is 5.75 Å². The molecule has 1 amide bonds. The van der Waals surface area contributed by atoms with Crippen LogP contribution in [0, 0.1) is 5.82 Å². The minimum atomic E-state index is -0.656. The van der Waals surface area contributed by atoms with Crippen LogP contribution in [0.15, 0.2) is 18.2 Å². The van der Waals surface area contributed by atoms with Gasteiger partial charge in [-0.1, -0.05) is 13.8 Å². The Balaban J connectivity index is 2.52. The highest BCUT2D eigenvalue weighted by molar-refractivity contribution is 5.92. The fourth-order valence-electron chi connectivity index (χ4n) is 1.28. The van der Waals surface area contributed by atoms with Gasteiger partial charge in [0.25, 0.3) is 0 Å². The first-order valence-electron chi connectivity index (χ1n) is 5.46. The molecule has 94 valence electrons. The van der Waals surface area contributed by atoms with Gasteiger partial charge in [0.2, 0.25) is 5.91 Å². The number of nitrogens with one attached hydrogen (secondary N) is 1. The molecule has 0 aliphatic carbocycles. The number of primary amides is 1. The molecule has 0 spiro atoms. The van der Waals surface area contributed by atoms with Crippen molar-refractivity contribution in [3.63, 3.8) is 0 Å². The lowest BCUT2D eigenvalue weighted by molar-refractivity contribution is 0.0999. The van der Waals surface area contributed by atoms with E-state index in [1.54, 1.807) is 0 Å². The number of halogens is 1.